The third-order valence-corrected chi connectivity index (χ3v) is 3.66. The van der Waals surface area contributed by atoms with Crippen molar-refractivity contribution in [3.05, 3.63) is 59.9 Å². The number of fused-ring (bicyclic) bond motifs is 1. The predicted octanol–water partition coefficient (Wildman–Crippen LogP) is 4.97. The van der Waals surface area contributed by atoms with Gasteiger partial charge < -0.3 is 9.30 Å². The minimum atomic E-state index is 0. The molecule has 0 bridgehead atoms. The first-order valence-corrected chi connectivity index (χ1v) is 7.49. The summed E-state index contributed by atoms with van der Waals surface area (Å²) in [6.07, 6.45) is 3.98. The highest BCUT2D eigenvalue weighted by Gasteiger charge is 2.01. The standard InChI is InChI=1S/C17H17ClN2O.ClH/c18-14-7-9-15(10-8-14)21-12-4-3-11-20-13-19-16-5-1-2-6-17(16)20;/h1-2,5-10,13H,3-4,11-12H2;1H. The summed E-state index contributed by atoms with van der Waals surface area (Å²) in [5.41, 5.74) is 2.24. The average molecular weight is 337 g/mol. The number of benzene rings is 2. The minimum Gasteiger partial charge on any atom is -0.494 e. The van der Waals surface area contributed by atoms with Gasteiger partial charge in [-0.05, 0) is 49.2 Å². The molecule has 0 spiro atoms. The number of halogens is 2. The molecule has 0 saturated heterocycles. The molecule has 0 fully saturated rings. The number of rotatable bonds is 6. The number of para-hydroxylation sites is 2. The fourth-order valence-corrected chi connectivity index (χ4v) is 2.42. The SMILES string of the molecule is Cl.Clc1ccc(OCCCCn2cnc3ccccc32)cc1. The van der Waals surface area contributed by atoms with E-state index < -0.39 is 0 Å². The van der Waals surface area contributed by atoms with Crippen molar-refractivity contribution in [2.24, 2.45) is 0 Å². The third-order valence-electron chi connectivity index (χ3n) is 3.40. The number of aromatic nitrogens is 2. The van der Waals surface area contributed by atoms with E-state index in [1.54, 1.807) is 0 Å². The third kappa shape index (κ3) is 4.15. The zero-order chi connectivity index (χ0) is 14.5. The zero-order valence-corrected chi connectivity index (χ0v) is 13.7. The molecule has 116 valence electrons. The lowest BCUT2D eigenvalue weighted by Gasteiger charge is -2.07. The molecule has 2 aromatic carbocycles. The van der Waals surface area contributed by atoms with Crippen LogP contribution in [0.25, 0.3) is 11.0 Å². The van der Waals surface area contributed by atoms with Crippen LogP contribution < -0.4 is 4.74 Å². The van der Waals surface area contributed by atoms with Crippen molar-refractivity contribution in [1.82, 2.24) is 9.55 Å². The van der Waals surface area contributed by atoms with Crippen molar-refractivity contribution >= 4 is 35.0 Å². The van der Waals surface area contributed by atoms with Crippen molar-refractivity contribution < 1.29 is 4.74 Å². The van der Waals surface area contributed by atoms with Crippen molar-refractivity contribution in [2.45, 2.75) is 19.4 Å². The fraction of sp³-hybridized carbons (Fsp3) is 0.235. The van der Waals surface area contributed by atoms with E-state index in [1.807, 2.05) is 48.8 Å². The van der Waals surface area contributed by atoms with Crippen LogP contribution in [0.2, 0.25) is 5.02 Å². The van der Waals surface area contributed by atoms with E-state index in [-0.39, 0.29) is 12.4 Å². The highest BCUT2D eigenvalue weighted by Crippen LogP contribution is 2.16. The normalized spacial score (nSPS) is 10.4. The lowest BCUT2D eigenvalue weighted by atomic mass is 10.3. The molecule has 0 saturated carbocycles. The summed E-state index contributed by atoms with van der Waals surface area (Å²) in [5, 5.41) is 0.731. The van der Waals surface area contributed by atoms with E-state index in [0.29, 0.717) is 6.61 Å². The summed E-state index contributed by atoms with van der Waals surface area (Å²) >= 11 is 5.84. The van der Waals surface area contributed by atoms with Crippen LogP contribution in [0.5, 0.6) is 5.75 Å². The van der Waals surface area contributed by atoms with Crippen LogP contribution in [0.4, 0.5) is 0 Å². The molecule has 0 aliphatic rings. The molecule has 0 N–H and O–H groups in total. The number of unbranched alkanes of at least 4 members (excludes halogenated alkanes) is 1. The summed E-state index contributed by atoms with van der Waals surface area (Å²) < 4.78 is 7.88. The zero-order valence-electron chi connectivity index (χ0n) is 12.1. The molecule has 22 heavy (non-hydrogen) atoms. The minimum absolute atomic E-state index is 0. The van der Waals surface area contributed by atoms with Crippen LogP contribution in [0.15, 0.2) is 54.9 Å². The molecule has 1 aromatic heterocycles. The first-order valence-electron chi connectivity index (χ1n) is 7.11. The topological polar surface area (TPSA) is 27.1 Å². The van der Waals surface area contributed by atoms with Gasteiger partial charge in [0.1, 0.15) is 5.75 Å². The molecule has 1 heterocycles. The molecule has 3 nitrogen and oxygen atoms in total. The predicted molar refractivity (Wildman–Crippen MR) is 93.2 cm³/mol. The van der Waals surface area contributed by atoms with Crippen LogP contribution in [0.1, 0.15) is 12.8 Å². The van der Waals surface area contributed by atoms with Gasteiger partial charge in [-0.25, -0.2) is 4.98 Å². The van der Waals surface area contributed by atoms with Crippen molar-refractivity contribution in [3.63, 3.8) is 0 Å². The molecule has 0 amide bonds. The average Bonchev–Trinajstić information content (AvgIpc) is 2.92. The highest BCUT2D eigenvalue weighted by atomic mass is 35.5. The van der Waals surface area contributed by atoms with E-state index in [4.69, 9.17) is 16.3 Å². The second-order valence-electron chi connectivity index (χ2n) is 4.94. The molecule has 0 radical (unpaired) electrons. The lowest BCUT2D eigenvalue weighted by Crippen LogP contribution is -2.01. The maximum atomic E-state index is 5.84. The molecule has 0 atom stereocenters. The molecular formula is C17H18Cl2N2O. The van der Waals surface area contributed by atoms with E-state index in [0.717, 1.165) is 35.7 Å². The number of ether oxygens (including phenoxy) is 1. The van der Waals surface area contributed by atoms with Gasteiger partial charge in [0.2, 0.25) is 0 Å². The maximum Gasteiger partial charge on any atom is 0.119 e. The lowest BCUT2D eigenvalue weighted by molar-refractivity contribution is 0.303. The quantitative estimate of drug-likeness (QED) is 0.594. The molecular weight excluding hydrogens is 319 g/mol. The van der Waals surface area contributed by atoms with E-state index in [9.17, 15) is 0 Å². The molecule has 3 rings (SSSR count). The first kappa shape index (κ1) is 16.7. The largest absolute Gasteiger partial charge is 0.494 e. The van der Waals surface area contributed by atoms with Gasteiger partial charge in [0, 0.05) is 11.6 Å². The number of aryl methyl sites for hydroxylation is 1. The fourth-order valence-electron chi connectivity index (χ4n) is 2.29. The van der Waals surface area contributed by atoms with E-state index in [2.05, 4.69) is 15.6 Å². The number of nitrogens with zero attached hydrogens (tertiary/aromatic N) is 2. The van der Waals surface area contributed by atoms with Gasteiger partial charge in [0.05, 0.1) is 24.0 Å². The van der Waals surface area contributed by atoms with Gasteiger partial charge in [-0.3, -0.25) is 0 Å². The van der Waals surface area contributed by atoms with Crippen molar-refractivity contribution in [2.75, 3.05) is 6.61 Å². The first-order chi connectivity index (χ1) is 10.3. The van der Waals surface area contributed by atoms with Crippen molar-refractivity contribution in [1.29, 1.82) is 0 Å². The van der Waals surface area contributed by atoms with E-state index >= 15 is 0 Å². The van der Waals surface area contributed by atoms with Crippen molar-refractivity contribution in [3.8, 4) is 5.75 Å². The molecule has 0 unspecified atom stereocenters. The smallest absolute Gasteiger partial charge is 0.119 e. The Bertz CT molecular complexity index is 710. The van der Waals surface area contributed by atoms with Crippen LogP contribution in [0, 0.1) is 0 Å². The Morgan fingerprint density at radius 2 is 1.77 bits per heavy atom. The molecule has 5 heteroatoms. The number of hydrogen-bond donors (Lipinski definition) is 0. The maximum absolute atomic E-state index is 5.84. The Labute approximate surface area is 141 Å². The van der Waals surface area contributed by atoms with Gasteiger partial charge in [-0.1, -0.05) is 23.7 Å². The van der Waals surface area contributed by atoms with Crippen LogP contribution >= 0.6 is 24.0 Å². The molecule has 0 aliphatic heterocycles. The highest BCUT2D eigenvalue weighted by molar-refractivity contribution is 6.30. The van der Waals surface area contributed by atoms with E-state index in [1.165, 1.54) is 5.52 Å². The Morgan fingerprint density at radius 3 is 2.59 bits per heavy atom. The Balaban J connectivity index is 0.00000176. The summed E-state index contributed by atoms with van der Waals surface area (Å²) in [6, 6.07) is 15.7. The van der Waals surface area contributed by atoms with Crippen LogP contribution in [-0.4, -0.2) is 16.2 Å². The van der Waals surface area contributed by atoms with Gasteiger partial charge in [0.25, 0.3) is 0 Å². The van der Waals surface area contributed by atoms with Gasteiger partial charge in [-0.2, -0.15) is 0 Å². The number of imidazole rings is 1. The molecule has 0 aliphatic carbocycles. The molecule has 3 aromatic rings. The Hall–Kier alpha value is -1.71. The van der Waals surface area contributed by atoms with Crippen LogP contribution in [0.3, 0.4) is 0 Å². The summed E-state index contributed by atoms with van der Waals surface area (Å²) in [5.74, 6) is 0.868. The summed E-state index contributed by atoms with van der Waals surface area (Å²) in [7, 11) is 0. The number of hydrogen-bond acceptors (Lipinski definition) is 2. The monoisotopic (exact) mass is 336 g/mol. The summed E-state index contributed by atoms with van der Waals surface area (Å²) in [6.45, 7) is 1.68. The second kappa shape index (κ2) is 8.06. The second-order valence-corrected chi connectivity index (χ2v) is 5.37. The van der Waals surface area contributed by atoms with Gasteiger partial charge in [-0.15, -0.1) is 12.4 Å². The Morgan fingerprint density at radius 1 is 1.00 bits per heavy atom. The van der Waals surface area contributed by atoms with Crippen LogP contribution in [-0.2, 0) is 6.54 Å². The Kier molecular flexibility index (Phi) is 6.10. The summed E-state index contributed by atoms with van der Waals surface area (Å²) in [4.78, 5) is 4.39. The van der Waals surface area contributed by atoms with Gasteiger partial charge >= 0.3 is 0 Å². The van der Waals surface area contributed by atoms with Gasteiger partial charge in [0.15, 0.2) is 0 Å².